The van der Waals surface area contributed by atoms with Gasteiger partial charge in [-0.25, -0.2) is 0 Å². The van der Waals surface area contributed by atoms with E-state index in [2.05, 4.69) is 5.10 Å². The Labute approximate surface area is 88.4 Å². The fraction of sp³-hybridized carbons (Fsp3) is 0.167. The quantitative estimate of drug-likeness (QED) is 0.711. The maximum absolute atomic E-state index is 10.5. The summed E-state index contributed by atoms with van der Waals surface area (Å²) in [6, 6.07) is 7.53. The van der Waals surface area contributed by atoms with Crippen LogP contribution in [0.2, 0.25) is 0 Å². The lowest BCUT2D eigenvalue weighted by atomic mass is 10.1. The second-order valence-electron chi connectivity index (χ2n) is 3.57. The van der Waals surface area contributed by atoms with Gasteiger partial charge in [0.25, 0.3) is 0 Å². The van der Waals surface area contributed by atoms with Crippen molar-refractivity contribution in [2.45, 2.75) is 13.5 Å². The molecule has 0 spiro atoms. The highest BCUT2D eigenvalue weighted by Gasteiger charge is 1.97. The van der Waals surface area contributed by atoms with E-state index >= 15 is 0 Å². The second-order valence-corrected chi connectivity index (χ2v) is 3.57. The number of carbonyl (C=O) groups is 1. The van der Waals surface area contributed by atoms with Crippen molar-refractivity contribution in [1.82, 2.24) is 9.78 Å². The number of hydrogen-bond donors (Lipinski definition) is 0. The highest BCUT2D eigenvalue weighted by Crippen LogP contribution is 2.05. The number of aromatic nitrogens is 2. The van der Waals surface area contributed by atoms with E-state index in [4.69, 9.17) is 0 Å². The topological polar surface area (TPSA) is 34.9 Å². The zero-order valence-electron chi connectivity index (χ0n) is 8.55. The Morgan fingerprint density at radius 2 is 2.07 bits per heavy atom. The van der Waals surface area contributed by atoms with Gasteiger partial charge in [0.1, 0.15) is 6.29 Å². The van der Waals surface area contributed by atoms with Crippen molar-refractivity contribution in [3.63, 3.8) is 0 Å². The molecule has 0 bridgehead atoms. The van der Waals surface area contributed by atoms with Gasteiger partial charge in [-0.1, -0.05) is 24.3 Å². The summed E-state index contributed by atoms with van der Waals surface area (Å²) in [4.78, 5) is 10.5. The Morgan fingerprint density at radius 1 is 1.33 bits per heavy atom. The zero-order chi connectivity index (χ0) is 10.7. The first-order valence-electron chi connectivity index (χ1n) is 4.81. The number of rotatable bonds is 3. The molecule has 0 amide bonds. The van der Waals surface area contributed by atoms with E-state index in [1.165, 1.54) is 0 Å². The number of aldehydes is 1. The summed E-state index contributed by atoms with van der Waals surface area (Å²) >= 11 is 0. The monoisotopic (exact) mass is 200 g/mol. The maximum atomic E-state index is 10.5. The van der Waals surface area contributed by atoms with Crippen LogP contribution in [0, 0.1) is 6.92 Å². The minimum Gasteiger partial charge on any atom is -0.298 e. The third-order valence-corrected chi connectivity index (χ3v) is 2.22. The van der Waals surface area contributed by atoms with Crippen molar-refractivity contribution in [1.29, 1.82) is 0 Å². The molecule has 0 aliphatic carbocycles. The van der Waals surface area contributed by atoms with Gasteiger partial charge in [-0.05, 0) is 18.1 Å². The van der Waals surface area contributed by atoms with Gasteiger partial charge in [0.15, 0.2) is 0 Å². The SMILES string of the molecule is Cc1cnn(Cc2ccc(C=O)cc2)c1. The van der Waals surface area contributed by atoms with Crippen LogP contribution in [0.4, 0.5) is 0 Å². The summed E-state index contributed by atoms with van der Waals surface area (Å²) in [6.07, 6.45) is 4.68. The standard InChI is InChI=1S/C12H12N2O/c1-10-6-13-14(7-10)8-11-2-4-12(9-15)5-3-11/h2-7,9H,8H2,1H3. The van der Waals surface area contributed by atoms with Crippen LogP contribution in [0.5, 0.6) is 0 Å². The van der Waals surface area contributed by atoms with Gasteiger partial charge in [-0.2, -0.15) is 5.10 Å². The van der Waals surface area contributed by atoms with E-state index in [9.17, 15) is 4.79 Å². The molecule has 0 saturated carbocycles. The molecular weight excluding hydrogens is 188 g/mol. The molecule has 1 aromatic carbocycles. The molecule has 0 atom stereocenters. The molecule has 76 valence electrons. The van der Waals surface area contributed by atoms with Crippen molar-refractivity contribution >= 4 is 6.29 Å². The van der Waals surface area contributed by atoms with Gasteiger partial charge in [-0.3, -0.25) is 9.48 Å². The predicted molar refractivity (Wildman–Crippen MR) is 57.9 cm³/mol. The first-order chi connectivity index (χ1) is 7.28. The third kappa shape index (κ3) is 2.31. The van der Waals surface area contributed by atoms with E-state index in [1.807, 2.05) is 48.3 Å². The molecule has 1 heterocycles. The van der Waals surface area contributed by atoms with Crippen LogP contribution in [0.1, 0.15) is 21.5 Å². The third-order valence-electron chi connectivity index (χ3n) is 2.22. The summed E-state index contributed by atoms with van der Waals surface area (Å²) in [5, 5.41) is 4.20. The summed E-state index contributed by atoms with van der Waals surface area (Å²) in [5.74, 6) is 0. The smallest absolute Gasteiger partial charge is 0.150 e. The fourth-order valence-electron chi connectivity index (χ4n) is 1.44. The first-order valence-corrected chi connectivity index (χ1v) is 4.81. The molecule has 3 nitrogen and oxygen atoms in total. The lowest BCUT2D eigenvalue weighted by Crippen LogP contribution is -1.99. The Hall–Kier alpha value is -1.90. The largest absolute Gasteiger partial charge is 0.298 e. The van der Waals surface area contributed by atoms with Crippen LogP contribution in [0.3, 0.4) is 0 Å². The first kappa shape index (κ1) is 9.65. The van der Waals surface area contributed by atoms with Crippen molar-refractivity contribution < 1.29 is 4.79 Å². The van der Waals surface area contributed by atoms with E-state index in [0.717, 1.165) is 24.0 Å². The average molecular weight is 200 g/mol. The molecule has 1 aromatic heterocycles. The summed E-state index contributed by atoms with van der Waals surface area (Å²) in [6.45, 7) is 2.76. The number of carbonyl (C=O) groups excluding carboxylic acids is 1. The van der Waals surface area contributed by atoms with Gasteiger partial charge in [0, 0.05) is 11.8 Å². The van der Waals surface area contributed by atoms with Crippen LogP contribution in [-0.2, 0) is 6.54 Å². The van der Waals surface area contributed by atoms with Crippen LogP contribution < -0.4 is 0 Å². The minimum absolute atomic E-state index is 0.704. The highest BCUT2D eigenvalue weighted by atomic mass is 16.1. The Kier molecular flexibility index (Phi) is 2.63. The van der Waals surface area contributed by atoms with Crippen molar-refractivity contribution in [2.75, 3.05) is 0 Å². The van der Waals surface area contributed by atoms with Gasteiger partial charge < -0.3 is 0 Å². The maximum Gasteiger partial charge on any atom is 0.150 e. The average Bonchev–Trinajstić information content (AvgIpc) is 2.65. The van der Waals surface area contributed by atoms with E-state index < -0.39 is 0 Å². The molecule has 0 aliphatic heterocycles. The van der Waals surface area contributed by atoms with E-state index in [0.29, 0.717) is 5.56 Å². The lowest BCUT2D eigenvalue weighted by Gasteiger charge is -2.01. The van der Waals surface area contributed by atoms with Crippen LogP contribution >= 0.6 is 0 Å². The zero-order valence-corrected chi connectivity index (χ0v) is 8.55. The number of nitrogens with zero attached hydrogens (tertiary/aromatic N) is 2. The summed E-state index contributed by atoms with van der Waals surface area (Å²) < 4.78 is 1.88. The number of benzene rings is 1. The Morgan fingerprint density at radius 3 is 2.60 bits per heavy atom. The number of hydrogen-bond acceptors (Lipinski definition) is 2. The van der Waals surface area contributed by atoms with E-state index in [-0.39, 0.29) is 0 Å². The van der Waals surface area contributed by atoms with Gasteiger partial charge in [0.05, 0.1) is 12.7 Å². The molecular formula is C12H12N2O. The van der Waals surface area contributed by atoms with Crippen LogP contribution in [0.15, 0.2) is 36.7 Å². The molecule has 2 aromatic rings. The van der Waals surface area contributed by atoms with Gasteiger partial charge in [0.2, 0.25) is 0 Å². The Balaban J connectivity index is 2.14. The second kappa shape index (κ2) is 4.09. The molecule has 3 heteroatoms. The van der Waals surface area contributed by atoms with E-state index in [1.54, 1.807) is 0 Å². The molecule has 0 fully saturated rings. The fourth-order valence-corrected chi connectivity index (χ4v) is 1.44. The lowest BCUT2D eigenvalue weighted by molar-refractivity contribution is 0.112. The molecule has 0 radical (unpaired) electrons. The molecule has 0 saturated heterocycles. The number of aryl methyl sites for hydroxylation is 1. The molecule has 0 unspecified atom stereocenters. The molecule has 0 aliphatic rings. The molecule has 0 N–H and O–H groups in total. The Bertz CT molecular complexity index is 457. The van der Waals surface area contributed by atoms with Crippen LogP contribution in [-0.4, -0.2) is 16.1 Å². The highest BCUT2D eigenvalue weighted by molar-refractivity contribution is 5.74. The normalized spacial score (nSPS) is 10.2. The molecule has 15 heavy (non-hydrogen) atoms. The minimum atomic E-state index is 0.704. The van der Waals surface area contributed by atoms with Gasteiger partial charge in [-0.15, -0.1) is 0 Å². The van der Waals surface area contributed by atoms with Crippen molar-refractivity contribution in [3.05, 3.63) is 53.3 Å². The van der Waals surface area contributed by atoms with Crippen LogP contribution in [0.25, 0.3) is 0 Å². The molecule has 2 rings (SSSR count). The summed E-state index contributed by atoms with van der Waals surface area (Å²) in [7, 11) is 0. The summed E-state index contributed by atoms with van der Waals surface area (Å²) in [5.41, 5.74) is 3.00. The predicted octanol–water partition coefficient (Wildman–Crippen LogP) is 2.05. The van der Waals surface area contributed by atoms with Crippen molar-refractivity contribution in [3.8, 4) is 0 Å². The van der Waals surface area contributed by atoms with Gasteiger partial charge >= 0.3 is 0 Å². The van der Waals surface area contributed by atoms with Crippen molar-refractivity contribution in [2.24, 2.45) is 0 Å².